The zero-order valence-corrected chi connectivity index (χ0v) is 65.0. The fourth-order valence-electron chi connectivity index (χ4n) is 11.7. The minimum absolute atomic E-state index is 0.0875. The minimum Gasteiger partial charge on any atom is -0.462 e. The molecule has 5 atom stereocenters. The van der Waals surface area contributed by atoms with Crippen LogP contribution in [0.4, 0.5) is 0 Å². The summed E-state index contributed by atoms with van der Waals surface area (Å²) in [6, 6.07) is 0. The fraction of sp³-hybridized carbons (Fsp3) is 0.899. The first-order valence-corrected chi connectivity index (χ1v) is 43.6. The molecular formula is C79H150O17P2. The van der Waals surface area contributed by atoms with Crippen molar-refractivity contribution in [3.8, 4) is 0 Å². The summed E-state index contributed by atoms with van der Waals surface area (Å²) in [6.45, 7) is 4.95. The lowest BCUT2D eigenvalue weighted by Crippen LogP contribution is -2.30. The molecule has 98 heavy (non-hydrogen) atoms. The van der Waals surface area contributed by atoms with E-state index in [0.717, 1.165) is 109 Å². The highest BCUT2D eigenvalue weighted by Gasteiger charge is 2.30. The Labute approximate surface area is 599 Å². The third-order valence-electron chi connectivity index (χ3n) is 17.9. The van der Waals surface area contributed by atoms with Gasteiger partial charge in [-0.1, -0.05) is 341 Å². The van der Waals surface area contributed by atoms with E-state index in [1.165, 1.54) is 212 Å². The summed E-state index contributed by atoms with van der Waals surface area (Å²) in [6.07, 6.45) is 67.2. The number of ether oxygens (including phenoxy) is 4. The van der Waals surface area contributed by atoms with Gasteiger partial charge in [-0.05, 0) is 57.8 Å². The quantitative estimate of drug-likeness (QED) is 0.0169. The maximum Gasteiger partial charge on any atom is 0.472 e. The van der Waals surface area contributed by atoms with Gasteiger partial charge in [-0.15, -0.1) is 0 Å². The number of carbonyl (C=O) groups excluding carboxylic acids is 4. The Morgan fingerprint density at radius 3 is 0.776 bits per heavy atom. The second-order valence-corrected chi connectivity index (χ2v) is 30.6. The van der Waals surface area contributed by atoms with Gasteiger partial charge in [-0.25, -0.2) is 9.13 Å². The molecule has 0 aromatic carbocycles. The first-order chi connectivity index (χ1) is 47.7. The summed E-state index contributed by atoms with van der Waals surface area (Å²) in [7, 11) is -9.93. The van der Waals surface area contributed by atoms with E-state index in [1.807, 2.05) is 0 Å². The van der Waals surface area contributed by atoms with E-state index in [-0.39, 0.29) is 25.7 Å². The SMILES string of the molecule is CCCCC/C=C\C/C=C\CCCCCCCC(=O)O[C@H](COC(=O)CCCCCCCCCCCCCCC)COP(=O)(O)OC[C@@H](O)COP(=O)(O)OC[C@@H](COC(=O)CCCCCCCCCCCCCCCCCCC)OC(=O)CCCCCCCCCCCCCCC. The van der Waals surface area contributed by atoms with Crippen molar-refractivity contribution in [2.45, 2.75) is 418 Å². The highest BCUT2D eigenvalue weighted by molar-refractivity contribution is 7.47. The summed E-state index contributed by atoms with van der Waals surface area (Å²) in [5, 5.41) is 10.6. The zero-order valence-electron chi connectivity index (χ0n) is 63.2. The van der Waals surface area contributed by atoms with Crippen LogP contribution >= 0.6 is 15.6 Å². The standard InChI is InChI=1S/C79H150O17P2/c1-5-9-13-17-21-25-29-33-35-36-38-41-44-48-52-56-60-64-77(82)90-70-74(95-78(83)65-61-57-53-49-45-40-32-28-24-20-16-12-8-4)71-93-97(85,86)91-67-73(80)68-92-98(87,88)94-72-75(69-89-76(81)63-59-55-51-47-43-39-31-27-23-19-15-11-7-3)96-79(84)66-62-58-54-50-46-42-37-34-30-26-22-18-14-10-6-2/h22,26,34,37,73-75,80H,5-21,23-25,27-33,35-36,38-72H2,1-4H3,(H,85,86)(H,87,88)/b26-22-,37-34-/t73-,74+,75+/m0/s1. The molecule has 0 amide bonds. The minimum atomic E-state index is -4.96. The molecule has 0 bridgehead atoms. The second kappa shape index (κ2) is 72.9. The summed E-state index contributed by atoms with van der Waals surface area (Å²) in [5.41, 5.74) is 0. The zero-order chi connectivity index (χ0) is 71.8. The summed E-state index contributed by atoms with van der Waals surface area (Å²) in [4.78, 5) is 72.9. The molecule has 3 N–H and O–H groups in total. The van der Waals surface area contributed by atoms with Crippen molar-refractivity contribution in [1.82, 2.24) is 0 Å². The van der Waals surface area contributed by atoms with E-state index in [9.17, 15) is 43.2 Å². The number of phosphoric acid groups is 2. The van der Waals surface area contributed by atoms with Gasteiger partial charge in [-0.3, -0.25) is 37.3 Å². The predicted molar refractivity (Wildman–Crippen MR) is 400 cm³/mol. The molecule has 0 aliphatic rings. The first kappa shape index (κ1) is 95.5. The Kier molecular flexibility index (Phi) is 71.0. The van der Waals surface area contributed by atoms with Gasteiger partial charge in [0.25, 0.3) is 0 Å². The van der Waals surface area contributed by atoms with Crippen LogP contribution in [0.3, 0.4) is 0 Å². The Morgan fingerprint density at radius 2 is 0.500 bits per heavy atom. The molecule has 0 saturated carbocycles. The van der Waals surface area contributed by atoms with Gasteiger partial charge < -0.3 is 33.8 Å². The largest absolute Gasteiger partial charge is 0.472 e. The van der Waals surface area contributed by atoms with Crippen molar-refractivity contribution in [2.75, 3.05) is 39.6 Å². The number of carbonyl (C=O) groups is 4. The van der Waals surface area contributed by atoms with Crippen LogP contribution in [0.1, 0.15) is 400 Å². The van der Waals surface area contributed by atoms with E-state index in [1.54, 1.807) is 0 Å². The molecule has 0 aliphatic carbocycles. The van der Waals surface area contributed by atoms with Crippen LogP contribution in [0.15, 0.2) is 24.3 Å². The summed E-state index contributed by atoms with van der Waals surface area (Å²) in [5.74, 6) is -2.13. The highest BCUT2D eigenvalue weighted by atomic mass is 31.2. The normalized spacial score (nSPS) is 14.0. The maximum atomic E-state index is 13.1. The van der Waals surface area contributed by atoms with Crippen molar-refractivity contribution >= 4 is 39.5 Å². The Hall–Kier alpha value is -2.46. The number of unbranched alkanes of at least 4 members (excludes halogenated alkanes) is 48. The third kappa shape index (κ3) is 71.9. The van der Waals surface area contributed by atoms with Gasteiger partial charge in [0, 0.05) is 25.7 Å². The fourth-order valence-corrected chi connectivity index (χ4v) is 13.3. The van der Waals surface area contributed by atoms with Crippen molar-refractivity contribution in [2.24, 2.45) is 0 Å². The number of rotatable bonds is 78. The first-order valence-electron chi connectivity index (χ1n) is 40.6. The molecule has 0 heterocycles. The van der Waals surface area contributed by atoms with Gasteiger partial charge in [-0.2, -0.15) is 0 Å². The molecule has 0 aromatic rings. The summed E-state index contributed by atoms with van der Waals surface area (Å²) >= 11 is 0. The smallest absolute Gasteiger partial charge is 0.462 e. The molecule has 19 heteroatoms. The van der Waals surface area contributed by atoms with Crippen LogP contribution in [0.5, 0.6) is 0 Å². The topological polar surface area (TPSA) is 237 Å². The van der Waals surface area contributed by atoms with E-state index in [2.05, 4.69) is 52.0 Å². The molecule has 17 nitrogen and oxygen atoms in total. The van der Waals surface area contributed by atoms with Crippen molar-refractivity contribution in [1.29, 1.82) is 0 Å². The number of aliphatic hydroxyl groups excluding tert-OH is 1. The van der Waals surface area contributed by atoms with E-state index >= 15 is 0 Å². The number of hydrogen-bond donors (Lipinski definition) is 3. The van der Waals surface area contributed by atoms with Gasteiger partial charge in [0.2, 0.25) is 0 Å². The second-order valence-electron chi connectivity index (χ2n) is 27.7. The summed E-state index contributed by atoms with van der Waals surface area (Å²) < 4.78 is 68.6. The predicted octanol–water partition coefficient (Wildman–Crippen LogP) is 23.3. The average Bonchev–Trinajstić information content (AvgIpc) is 0.984. The van der Waals surface area contributed by atoms with Gasteiger partial charge in [0.15, 0.2) is 12.2 Å². The average molecular weight is 1430 g/mol. The molecule has 0 rings (SSSR count). The monoisotopic (exact) mass is 1430 g/mol. The lowest BCUT2D eigenvalue weighted by molar-refractivity contribution is -0.161. The molecule has 2 unspecified atom stereocenters. The van der Waals surface area contributed by atoms with Crippen molar-refractivity contribution < 1.29 is 80.2 Å². The highest BCUT2D eigenvalue weighted by Crippen LogP contribution is 2.45. The Morgan fingerprint density at radius 1 is 0.286 bits per heavy atom. The van der Waals surface area contributed by atoms with Gasteiger partial charge >= 0.3 is 39.5 Å². The lowest BCUT2D eigenvalue weighted by atomic mass is 10.0. The maximum absolute atomic E-state index is 13.1. The van der Waals surface area contributed by atoms with E-state index in [0.29, 0.717) is 25.7 Å². The Bertz CT molecular complexity index is 1950. The lowest BCUT2D eigenvalue weighted by Gasteiger charge is -2.21. The molecular weight excluding hydrogens is 1280 g/mol. The van der Waals surface area contributed by atoms with Crippen LogP contribution in [0.2, 0.25) is 0 Å². The number of esters is 4. The molecule has 578 valence electrons. The van der Waals surface area contributed by atoms with E-state index < -0.39 is 97.5 Å². The van der Waals surface area contributed by atoms with Crippen molar-refractivity contribution in [3.05, 3.63) is 24.3 Å². The van der Waals surface area contributed by atoms with Crippen LogP contribution in [0, 0.1) is 0 Å². The van der Waals surface area contributed by atoms with E-state index in [4.69, 9.17) is 37.0 Å². The molecule has 0 aromatic heterocycles. The van der Waals surface area contributed by atoms with Gasteiger partial charge in [0.1, 0.15) is 19.3 Å². The van der Waals surface area contributed by atoms with Crippen LogP contribution < -0.4 is 0 Å². The van der Waals surface area contributed by atoms with Gasteiger partial charge in [0.05, 0.1) is 26.4 Å². The molecule has 0 spiro atoms. The molecule has 0 aliphatic heterocycles. The van der Waals surface area contributed by atoms with Crippen LogP contribution in [0.25, 0.3) is 0 Å². The Balaban J connectivity index is 5.28. The van der Waals surface area contributed by atoms with Crippen molar-refractivity contribution in [3.63, 3.8) is 0 Å². The molecule has 0 saturated heterocycles. The van der Waals surface area contributed by atoms with Crippen LogP contribution in [-0.2, 0) is 65.4 Å². The number of phosphoric ester groups is 2. The molecule has 0 radical (unpaired) electrons. The number of allylic oxidation sites excluding steroid dienone is 4. The third-order valence-corrected chi connectivity index (χ3v) is 19.9. The molecule has 0 fully saturated rings. The number of hydrogen-bond acceptors (Lipinski definition) is 15. The number of aliphatic hydroxyl groups is 1. The van der Waals surface area contributed by atoms with Crippen LogP contribution in [-0.4, -0.2) is 96.7 Å².